The minimum atomic E-state index is 0.231. The lowest BCUT2D eigenvalue weighted by Crippen LogP contribution is -2.08. The largest absolute Gasteiger partial charge is 0.493 e. The summed E-state index contributed by atoms with van der Waals surface area (Å²) in [6.07, 6.45) is 0.763. The van der Waals surface area contributed by atoms with Gasteiger partial charge in [0.2, 0.25) is 0 Å². The van der Waals surface area contributed by atoms with Gasteiger partial charge < -0.3 is 19.9 Å². The van der Waals surface area contributed by atoms with Gasteiger partial charge in [-0.3, -0.25) is 0 Å². The molecule has 4 heteroatoms. The average Bonchev–Trinajstić information content (AvgIpc) is 2.31. The Morgan fingerprint density at radius 1 is 1.31 bits per heavy atom. The van der Waals surface area contributed by atoms with Crippen molar-refractivity contribution in [1.29, 1.82) is 0 Å². The van der Waals surface area contributed by atoms with Gasteiger partial charge in [-0.25, -0.2) is 0 Å². The van der Waals surface area contributed by atoms with Crippen molar-refractivity contribution in [2.24, 2.45) is 5.73 Å². The van der Waals surface area contributed by atoms with Crippen LogP contribution < -0.4 is 15.2 Å². The Morgan fingerprint density at radius 3 is 2.75 bits per heavy atom. The first-order valence-electron chi connectivity index (χ1n) is 5.40. The molecule has 1 aromatic carbocycles. The summed E-state index contributed by atoms with van der Waals surface area (Å²) in [5.41, 5.74) is 6.59. The molecule has 0 aromatic heterocycles. The van der Waals surface area contributed by atoms with Gasteiger partial charge in [0, 0.05) is 6.61 Å². The highest BCUT2D eigenvalue weighted by Gasteiger charge is 2.09. The maximum absolute atomic E-state index is 5.55. The van der Waals surface area contributed by atoms with Gasteiger partial charge in [-0.15, -0.1) is 0 Å². The van der Waals surface area contributed by atoms with E-state index in [0.29, 0.717) is 18.9 Å². The zero-order valence-corrected chi connectivity index (χ0v) is 9.86. The minimum Gasteiger partial charge on any atom is -0.493 e. The first-order valence-corrected chi connectivity index (χ1v) is 5.40. The van der Waals surface area contributed by atoms with E-state index in [9.17, 15) is 0 Å². The van der Waals surface area contributed by atoms with Crippen LogP contribution in [0.25, 0.3) is 0 Å². The fourth-order valence-electron chi connectivity index (χ4n) is 1.42. The molecular weight excluding hydrogens is 206 g/mol. The Kier molecular flexibility index (Phi) is 5.67. The molecule has 0 spiro atoms. The molecule has 0 fully saturated rings. The van der Waals surface area contributed by atoms with Crippen LogP contribution in [0.5, 0.6) is 11.5 Å². The summed E-state index contributed by atoms with van der Waals surface area (Å²) >= 11 is 0. The highest BCUT2D eigenvalue weighted by atomic mass is 16.7. The molecular formula is C12H19NO3. The molecule has 2 N–H and O–H groups in total. The van der Waals surface area contributed by atoms with Gasteiger partial charge in [0.15, 0.2) is 18.3 Å². The van der Waals surface area contributed by atoms with E-state index in [4.69, 9.17) is 19.9 Å². The Bertz CT molecular complexity index is 315. The molecule has 0 unspecified atom stereocenters. The maximum atomic E-state index is 5.55. The quantitative estimate of drug-likeness (QED) is 0.565. The van der Waals surface area contributed by atoms with Crippen LogP contribution in [0, 0.1) is 0 Å². The third kappa shape index (κ3) is 3.40. The van der Waals surface area contributed by atoms with Crippen LogP contribution in [0.15, 0.2) is 18.2 Å². The van der Waals surface area contributed by atoms with Crippen molar-refractivity contribution < 1.29 is 14.2 Å². The smallest absolute Gasteiger partial charge is 0.189 e. The Labute approximate surface area is 96.3 Å². The fourth-order valence-corrected chi connectivity index (χ4v) is 1.42. The van der Waals surface area contributed by atoms with E-state index in [1.54, 1.807) is 7.11 Å². The molecule has 16 heavy (non-hydrogen) atoms. The second-order valence-corrected chi connectivity index (χ2v) is 3.24. The summed E-state index contributed by atoms with van der Waals surface area (Å²) in [4.78, 5) is 0. The van der Waals surface area contributed by atoms with Crippen LogP contribution in [0.3, 0.4) is 0 Å². The molecule has 0 saturated heterocycles. The molecule has 1 aromatic rings. The van der Waals surface area contributed by atoms with Crippen LogP contribution in [0.4, 0.5) is 0 Å². The van der Waals surface area contributed by atoms with Crippen molar-refractivity contribution in [2.75, 3.05) is 27.1 Å². The highest BCUT2D eigenvalue weighted by molar-refractivity contribution is 5.46. The SMILES string of the molecule is CCOCOc1c(CCN)cccc1OC. The monoisotopic (exact) mass is 225 g/mol. The lowest BCUT2D eigenvalue weighted by atomic mass is 10.1. The first-order chi connectivity index (χ1) is 7.83. The van der Waals surface area contributed by atoms with Crippen molar-refractivity contribution in [3.05, 3.63) is 23.8 Å². The standard InChI is InChI=1S/C12H19NO3/c1-3-15-9-16-12-10(7-8-13)5-4-6-11(12)14-2/h4-6H,3,7-9,13H2,1-2H3. The highest BCUT2D eigenvalue weighted by Crippen LogP contribution is 2.31. The number of benzene rings is 1. The molecule has 90 valence electrons. The predicted molar refractivity (Wildman–Crippen MR) is 62.9 cm³/mol. The van der Waals surface area contributed by atoms with E-state index in [1.807, 2.05) is 25.1 Å². The van der Waals surface area contributed by atoms with E-state index in [2.05, 4.69) is 0 Å². The third-order valence-electron chi connectivity index (χ3n) is 2.18. The second kappa shape index (κ2) is 7.09. The van der Waals surface area contributed by atoms with Crippen molar-refractivity contribution in [3.8, 4) is 11.5 Å². The fraction of sp³-hybridized carbons (Fsp3) is 0.500. The molecule has 0 aliphatic carbocycles. The number of nitrogens with two attached hydrogens (primary N) is 1. The molecule has 0 aliphatic heterocycles. The van der Waals surface area contributed by atoms with E-state index >= 15 is 0 Å². The third-order valence-corrected chi connectivity index (χ3v) is 2.18. The van der Waals surface area contributed by atoms with Crippen LogP contribution in [0.2, 0.25) is 0 Å². The van der Waals surface area contributed by atoms with Crippen molar-refractivity contribution in [3.63, 3.8) is 0 Å². The molecule has 0 heterocycles. The first kappa shape index (κ1) is 12.8. The van der Waals surface area contributed by atoms with Gasteiger partial charge in [-0.05, 0) is 31.5 Å². The number of methoxy groups -OCH3 is 1. The summed E-state index contributed by atoms with van der Waals surface area (Å²) in [7, 11) is 1.62. The number of hydrogen-bond donors (Lipinski definition) is 1. The number of hydrogen-bond acceptors (Lipinski definition) is 4. The summed E-state index contributed by atoms with van der Waals surface area (Å²) in [6, 6.07) is 5.77. The van der Waals surface area contributed by atoms with E-state index in [0.717, 1.165) is 17.7 Å². The van der Waals surface area contributed by atoms with E-state index in [-0.39, 0.29) is 6.79 Å². The lowest BCUT2D eigenvalue weighted by molar-refractivity contribution is 0.0203. The van der Waals surface area contributed by atoms with E-state index in [1.165, 1.54) is 0 Å². The number of rotatable bonds is 7. The van der Waals surface area contributed by atoms with Crippen molar-refractivity contribution >= 4 is 0 Å². The molecule has 0 aliphatic rings. The summed E-state index contributed by atoms with van der Waals surface area (Å²) < 4.78 is 16.0. The average molecular weight is 225 g/mol. The Hall–Kier alpha value is -1.26. The topological polar surface area (TPSA) is 53.7 Å². The van der Waals surface area contributed by atoms with Crippen molar-refractivity contribution in [1.82, 2.24) is 0 Å². The number of ether oxygens (including phenoxy) is 3. The van der Waals surface area contributed by atoms with E-state index < -0.39 is 0 Å². The summed E-state index contributed by atoms with van der Waals surface area (Å²) in [5, 5.41) is 0. The van der Waals surface area contributed by atoms with Crippen LogP contribution in [-0.4, -0.2) is 27.1 Å². The molecule has 1 rings (SSSR count). The second-order valence-electron chi connectivity index (χ2n) is 3.24. The zero-order valence-electron chi connectivity index (χ0n) is 9.86. The van der Waals surface area contributed by atoms with Crippen LogP contribution in [-0.2, 0) is 11.2 Å². The molecule has 0 saturated carbocycles. The summed E-state index contributed by atoms with van der Waals surface area (Å²) in [6.45, 7) is 3.36. The zero-order chi connectivity index (χ0) is 11.8. The molecule has 0 bridgehead atoms. The van der Waals surface area contributed by atoms with Gasteiger partial charge >= 0.3 is 0 Å². The minimum absolute atomic E-state index is 0.231. The lowest BCUT2D eigenvalue weighted by Gasteiger charge is -2.14. The molecule has 0 radical (unpaired) electrons. The van der Waals surface area contributed by atoms with Crippen molar-refractivity contribution in [2.45, 2.75) is 13.3 Å². The van der Waals surface area contributed by atoms with Gasteiger partial charge in [0.1, 0.15) is 0 Å². The van der Waals surface area contributed by atoms with Crippen LogP contribution >= 0.6 is 0 Å². The number of para-hydroxylation sites is 1. The molecule has 0 atom stereocenters. The van der Waals surface area contributed by atoms with Crippen LogP contribution in [0.1, 0.15) is 12.5 Å². The van der Waals surface area contributed by atoms with Gasteiger partial charge in [-0.1, -0.05) is 12.1 Å². The predicted octanol–water partition coefficient (Wildman–Crippen LogP) is 1.57. The Morgan fingerprint density at radius 2 is 2.12 bits per heavy atom. The molecule has 0 amide bonds. The van der Waals surface area contributed by atoms with Gasteiger partial charge in [0.05, 0.1) is 7.11 Å². The Balaban J connectivity index is 2.81. The summed E-state index contributed by atoms with van der Waals surface area (Å²) in [5.74, 6) is 1.44. The van der Waals surface area contributed by atoms with Gasteiger partial charge in [-0.2, -0.15) is 0 Å². The maximum Gasteiger partial charge on any atom is 0.189 e. The normalized spacial score (nSPS) is 10.2. The van der Waals surface area contributed by atoms with Gasteiger partial charge in [0.25, 0.3) is 0 Å². The molecule has 4 nitrogen and oxygen atoms in total.